The van der Waals surface area contributed by atoms with Crippen molar-refractivity contribution in [1.29, 1.82) is 0 Å². The van der Waals surface area contributed by atoms with Crippen LogP contribution in [0.4, 0.5) is 17.6 Å². The fourth-order valence-electron chi connectivity index (χ4n) is 1.41. The van der Waals surface area contributed by atoms with Crippen LogP contribution in [-0.4, -0.2) is 4.98 Å². The minimum atomic E-state index is -4.58. The van der Waals surface area contributed by atoms with Gasteiger partial charge in [-0.05, 0) is 18.2 Å². The van der Waals surface area contributed by atoms with Gasteiger partial charge < -0.3 is 5.73 Å². The Hall–Kier alpha value is -1.47. The molecule has 1 aromatic carbocycles. The van der Waals surface area contributed by atoms with Crippen LogP contribution < -0.4 is 5.73 Å². The zero-order chi connectivity index (χ0) is 13.3. The third kappa shape index (κ3) is 2.68. The van der Waals surface area contributed by atoms with Gasteiger partial charge in [-0.3, -0.25) is 0 Å². The third-order valence-corrected chi connectivity index (χ3v) is 3.30. The Morgan fingerprint density at radius 2 is 1.94 bits per heavy atom. The van der Waals surface area contributed by atoms with Crippen molar-refractivity contribution in [3.63, 3.8) is 0 Å². The molecule has 0 unspecified atom stereocenters. The number of nitrogens with zero attached hydrogens (tertiary/aromatic N) is 1. The first-order valence-corrected chi connectivity index (χ1v) is 5.75. The zero-order valence-electron chi connectivity index (χ0n) is 8.96. The molecule has 2 N–H and O–H groups in total. The fraction of sp³-hybridized carbons (Fsp3) is 0.182. The summed E-state index contributed by atoms with van der Waals surface area (Å²) < 4.78 is 50.8. The van der Waals surface area contributed by atoms with Gasteiger partial charge >= 0.3 is 6.18 Å². The monoisotopic (exact) mass is 276 g/mol. The summed E-state index contributed by atoms with van der Waals surface area (Å²) in [6.45, 7) is 0.249. The average Bonchev–Trinajstić information content (AvgIpc) is 2.75. The van der Waals surface area contributed by atoms with Gasteiger partial charge in [0.25, 0.3) is 0 Å². The van der Waals surface area contributed by atoms with E-state index in [-0.39, 0.29) is 12.1 Å². The van der Waals surface area contributed by atoms with E-state index in [0.717, 1.165) is 28.3 Å². The SMILES string of the molecule is NCc1cnc(-c2cc(F)cc(C(F)(F)F)c2)s1. The van der Waals surface area contributed by atoms with E-state index in [0.29, 0.717) is 11.1 Å². The van der Waals surface area contributed by atoms with Crippen molar-refractivity contribution in [3.8, 4) is 10.6 Å². The Morgan fingerprint density at radius 1 is 1.22 bits per heavy atom. The molecule has 0 saturated heterocycles. The van der Waals surface area contributed by atoms with Crippen LogP contribution in [0.15, 0.2) is 24.4 Å². The Kier molecular flexibility index (Phi) is 3.36. The quantitative estimate of drug-likeness (QED) is 0.853. The van der Waals surface area contributed by atoms with Crippen molar-refractivity contribution in [2.75, 3.05) is 0 Å². The van der Waals surface area contributed by atoms with Gasteiger partial charge in [0, 0.05) is 23.2 Å². The second kappa shape index (κ2) is 4.66. The molecule has 7 heteroatoms. The molecule has 0 radical (unpaired) electrons. The second-order valence-electron chi connectivity index (χ2n) is 3.56. The first-order valence-electron chi connectivity index (χ1n) is 4.93. The summed E-state index contributed by atoms with van der Waals surface area (Å²) in [5.74, 6) is -0.940. The highest BCUT2D eigenvalue weighted by atomic mass is 32.1. The van der Waals surface area contributed by atoms with Crippen molar-refractivity contribution < 1.29 is 17.6 Å². The molecule has 2 nitrogen and oxygen atoms in total. The lowest BCUT2D eigenvalue weighted by molar-refractivity contribution is -0.137. The molecule has 0 amide bonds. The standard InChI is InChI=1S/C11H8F4N2S/c12-8-2-6(1-7(3-8)11(13,14)15)10-17-5-9(4-16)18-10/h1-3,5H,4,16H2. The van der Waals surface area contributed by atoms with Crippen LogP contribution in [0.1, 0.15) is 10.4 Å². The number of alkyl halides is 3. The number of thiazole rings is 1. The predicted octanol–water partition coefficient (Wildman–Crippen LogP) is 3.43. The van der Waals surface area contributed by atoms with Crippen LogP contribution in [0.25, 0.3) is 10.6 Å². The lowest BCUT2D eigenvalue weighted by Gasteiger charge is -2.08. The van der Waals surface area contributed by atoms with E-state index in [1.54, 1.807) is 0 Å². The van der Waals surface area contributed by atoms with Crippen molar-refractivity contribution in [3.05, 3.63) is 40.7 Å². The maximum absolute atomic E-state index is 13.2. The molecule has 0 aliphatic heterocycles. The number of aromatic nitrogens is 1. The number of halogens is 4. The molecule has 96 valence electrons. The molecule has 0 fully saturated rings. The summed E-state index contributed by atoms with van der Waals surface area (Å²) in [5, 5.41) is 0.320. The second-order valence-corrected chi connectivity index (χ2v) is 4.68. The molecule has 0 spiro atoms. The van der Waals surface area contributed by atoms with Crippen LogP contribution in [0.2, 0.25) is 0 Å². The van der Waals surface area contributed by atoms with Gasteiger partial charge in [0.1, 0.15) is 10.8 Å². The largest absolute Gasteiger partial charge is 0.416 e. The lowest BCUT2D eigenvalue weighted by atomic mass is 10.1. The molecule has 2 aromatic rings. The normalized spacial score (nSPS) is 11.8. The first-order chi connectivity index (χ1) is 8.40. The smallest absolute Gasteiger partial charge is 0.326 e. The van der Waals surface area contributed by atoms with Gasteiger partial charge in [-0.25, -0.2) is 9.37 Å². The van der Waals surface area contributed by atoms with E-state index in [9.17, 15) is 17.6 Å². The van der Waals surface area contributed by atoms with Gasteiger partial charge in [-0.1, -0.05) is 0 Å². The summed E-state index contributed by atoms with van der Waals surface area (Å²) in [6, 6.07) is 2.36. The summed E-state index contributed by atoms with van der Waals surface area (Å²) in [4.78, 5) is 4.65. The number of benzene rings is 1. The maximum atomic E-state index is 13.2. The number of nitrogens with two attached hydrogens (primary N) is 1. The van der Waals surface area contributed by atoms with Gasteiger partial charge in [0.05, 0.1) is 5.56 Å². The van der Waals surface area contributed by atoms with Gasteiger partial charge in [0.2, 0.25) is 0 Å². The Labute approximate surface area is 104 Å². The first kappa shape index (κ1) is 13.0. The number of hydrogen-bond acceptors (Lipinski definition) is 3. The van der Waals surface area contributed by atoms with Gasteiger partial charge in [0.15, 0.2) is 0 Å². The van der Waals surface area contributed by atoms with Crippen LogP contribution in [0.3, 0.4) is 0 Å². The van der Waals surface area contributed by atoms with Crippen LogP contribution in [0.5, 0.6) is 0 Å². The molecule has 0 saturated carbocycles. The molecule has 0 aliphatic carbocycles. The highest BCUT2D eigenvalue weighted by molar-refractivity contribution is 7.15. The molecular formula is C11H8F4N2S. The van der Waals surface area contributed by atoms with E-state index < -0.39 is 17.6 Å². The molecule has 0 bridgehead atoms. The van der Waals surface area contributed by atoms with E-state index >= 15 is 0 Å². The minimum absolute atomic E-state index is 0.104. The highest BCUT2D eigenvalue weighted by Gasteiger charge is 2.31. The van der Waals surface area contributed by atoms with Gasteiger partial charge in [-0.2, -0.15) is 13.2 Å². The summed E-state index contributed by atoms with van der Waals surface area (Å²) >= 11 is 1.14. The van der Waals surface area contributed by atoms with Crippen LogP contribution in [0, 0.1) is 5.82 Å². The number of hydrogen-bond donors (Lipinski definition) is 1. The average molecular weight is 276 g/mol. The summed E-state index contributed by atoms with van der Waals surface area (Å²) in [7, 11) is 0. The van der Waals surface area contributed by atoms with Crippen LogP contribution in [-0.2, 0) is 12.7 Å². The molecular weight excluding hydrogens is 268 g/mol. The summed E-state index contributed by atoms with van der Waals surface area (Å²) in [6.07, 6.45) is -3.11. The Bertz CT molecular complexity index is 562. The topological polar surface area (TPSA) is 38.9 Å². The van der Waals surface area contributed by atoms with Crippen molar-refractivity contribution in [2.24, 2.45) is 5.73 Å². The van der Waals surface area contributed by atoms with Crippen molar-refractivity contribution in [1.82, 2.24) is 4.98 Å². The van der Waals surface area contributed by atoms with E-state index in [1.807, 2.05) is 0 Å². The van der Waals surface area contributed by atoms with Crippen molar-refractivity contribution >= 4 is 11.3 Å². The Morgan fingerprint density at radius 3 is 2.50 bits per heavy atom. The zero-order valence-corrected chi connectivity index (χ0v) is 9.78. The predicted molar refractivity (Wildman–Crippen MR) is 60.4 cm³/mol. The van der Waals surface area contributed by atoms with E-state index in [1.165, 1.54) is 6.20 Å². The maximum Gasteiger partial charge on any atom is 0.416 e. The Balaban J connectivity index is 2.48. The minimum Gasteiger partial charge on any atom is -0.326 e. The molecule has 2 rings (SSSR count). The van der Waals surface area contributed by atoms with Gasteiger partial charge in [-0.15, -0.1) is 11.3 Å². The number of rotatable bonds is 2. The lowest BCUT2D eigenvalue weighted by Crippen LogP contribution is -2.05. The van der Waals surface area contributed by atoms with Crippen LogP contribution >= 0.6 is 11.3 Å². The van der Waals surface area contributed by atoms with Crippen molar-refractivity contribution in [2.45, 2.75) is 12.7 Å². The van der Waals surface area contributed by atoms with E-state index in [2.05, 4.69) is 4.98 Å². The molecule has 1 aromatic heterocycles. The molecule has 0 atom stereocenters. The highest BCUT2D eigenvalue weighted by Crippen LogP contribution is 2.34. The summed E-state index contributed by atoms with van der Waals surface area (Å²) in [5.41, 5.74) is 4.46. The molecule has 1 heterocycles. The molecule has 0 aliphatic rings. The fourth-order valence-corrected chi connectivity index (χ4v) is 2.19. The molecule has 18 heavy (non-hydrogen) atoms. The van der Waals surface area contributed by atoms with E-state index in [4.69, 9.17) is 5.73 Å². The third-order valence-electron chi connectivity index (χ3n) is 2.23.